The van der Waals surface area contributed by atoms with Crippen LogP contribution >= 0.6 is 0 Å². The molecule has 0 spiro atoms. The van der Waals surface area contributed by atoms with Crippen molar-refractivity contribution >= 4 is 131 Å². The second-order valence-corrected chi connectivity index (χ2v) is 33.3. The molecule has 30 atom stereocenters. The van der Waals surface area contributed by atoms with Crippen LogP contribution in [0.5, 0.6) is 0 Å². The van der Waals surface area contributed by atoms with Gasteiger partial charge in [0.25, 0.3) is 0 Å². The van der Waals surface area contributed by atoms with Crippen molar-refractivity contribution in [1.82, 2.24) is 5.32 Å². The predicted octanol–water partition coefficient (Wildman–Crippen LogP) is -2.70. The summed E-state index contributed by atoms with van der Waals surface area (Å²) in [6.07, 6.45) is -64.8. The Morgan fingerprint density at radius 2 is 0.372 bits per heavy atom. The molecule has 0 radical (unpaired) electrons. The summed E-state index contributed by atoms with van der Waals surface area (Å²) in [4.78, 5) is 294. The van der Waals surface area contributed by atoms with Gasteiger partial charge in [-0.15, -0.1) is 0 Å². The van der Waals surface area contributed by atoms with Crippen molar-refractivity contribution in [2.45, 2.75) is 361 Å². The van der Waals surface area contributed by atoms with Crippen molar-refractivity contribution in [3.05, 3.63) is 0 Å². The van der Waals surface area contributed by atoms with Crippen LogP contribution in [0.15, 0.2) is 0 Å². The summed E-state index contributed by atoms with van der Waals surface area (Å²) < 4.78 is 197. The third kappa shape index (κ3) is 39.0. The maximum absolute atomic E-state index is 15.5. The number of esters is 21. The molecule has 6 heterocycles. The average Bonchev–Trinajstić information content (AvgIpc) is 0.767. The highest BCUT2D eigenvalue weighted by Crippen LogP contribution is 2.42. The van der Waals surface area contributed by atoms with Gasteiger partial charge in [-0.1, -0.05) is 6.42 Å². The lowest BCUT2D eigenvalue weighted by Gasteiger charge is -2.50. The van der Waals surface area contributed by atoms with E-state index in [2.05, 4.69) is 5.32 Å². The SMILES string of the molecule is CC(=O)OC[C@H]1O[C@@H](O[C@H]2[C@H](OC(C)=O)[C@@H](OC(C)=O)[C@H](OCC(CO[C@@H]3O[C@H](COC(C)=O)[C@@H](O[C@@H]4O[C@H](COC(C)=O)[C@H](OC(C)=O)[C@H](OC(C)=O)[C@H]4OC(C)=O)[C@H](OC(C)=O)[C@H]3OC(C)=O)(CO[C@@H]3O[C@H](COC(C)=O)[C@@H](O[C@@H]4O[C@H](COC(C)=O)[C@H](OC(C)=O)[C@H](OC(C)=O)[C@H]4OC(C)=O)[C@H](OC(C)=O)[C@H]3OC(C)=O)NC(=O)CCCCCO)O[C@@H]2COC(C)=O)[C@H](OC(C)=O)[C@@H](OC(C)=O)[C@H]1OC(C)=O. The molecule has 2 N–H and O–H groups in total. The molecular formula is C88H123NO56. The summed E-state index contributed by atoms with van der Waals surface area (Å²) in [6, 6.07) is 0. The van der Waals surface area contributed by atoms with Crippen molar-refractivity contribution < 1.29 is 267 Å². The topological polar surface area (TPSA) is 712 Å². The molecule has 0 aliphatic carbocycles. The minimum atomic E-state index is -2.86. The molecule has 0 bridgehead atoms. The first-order valence-corrected chi connectivity index (χ1v) is 45.0. The minimum Gasteiger partial charge on any atom is -0.463 e. The van der Waals surface area contributed by atoms with Crippen molar-refractivity contribution in [2.75, 3.05) is 66.1 Å². The number of amides is 1. The van der Waals surface area contributed by atoms with E-state index in [-0.39, 0.29) is 19.3 Å². The maximum atomic E-state index is 15.5. The van der Waals surface area contributed by atoms with E-state index in [0.717, 1.165) is 145 Å². The number of hydrogen-bond donors (Lipinski definition) is 2. The lowest BCUT2D eigenvalue weighted by Crippen LogP contribution is -2.69. The zero-order valence-electron chi connectivity index (χ0n) is 83.1. The van der Waals surface area contributed by atoms with Gasteiger partial charge < -0.3 is 167 Å². The van der Waals surface area contributed by atoms with Crippen molar-refractivity contribution in [3.8, 4) is 0 Å². The van der Waals surface area contributed by atoms with Crippen molar-refractivity contribution in [1.29, 1.82) is 0 Å². The molecule has 0 aromatic heterocycles. The third-order valence-electron chi connectivity index (χ3n) is 20.7. The molecule has 6 aliphatic heterocycles. The number of aliphatic hydroxyl groups excluding tert-OH is 1. The van der Waals surface area contributed by atoms with E-state index in [1.54, 1.807) is 0 Å². The standard InChI is InChI=1S/C88H123NO56/c1-36(91)113-27-57-64(122-42(7)97)70(125-45(10)100)79(134-54(19)109)85(140-57)143-67-60(30-116-39(4)94)137-82(76(131-51(16)106)73(67)128-48(13)103)119-33-88(89-63(112)25-23-22-24-26-90,34-120-83-77(132-52(17)107)74(129-49(14)104)68(61(138-83)31-117-40(5)95)144-86-80(135-55(20)110)71(126-46(11)101)65(123-43(8)98)58(141-86)28-114-37(2)92)35-121-84-78(133-53(18)108)75(130-50(15)105)69(62(139-84)32-118-41(6)96)145-87-81(136-56(21)111)72(127-47(12)102)66(124-44(9)99)59(142-87)29-115-38(3)93/h57-62,64-87,90H,22-35H2,1-21H3,(H,89,112)/t57-,58-,59-,60-,61-,62-,64+,65+,66+,67-,68-,69-,70+,71+,72+,73+,74+,75+,76-,77-,78-,79-,80-,81-,82-,83-,84-,85+,86+,87+/m1/s1. The van der Waals surface area contributed by atoms with E-state index in [1.165, 1.54) is 0 Å². The van der Waals surface area contributed by atoms with E-state index in [1.807, 2.05) is 0 Å². The Balaban J connectivity index is 1.74. The molecule has 1 amide bonds. The van der Waals surface area contributed by atoms with Crippen LogP contribution in [0.25, 0.3) is 0 Å². The quantitative estimate of drug-likeness (QED) is 0.0356. The first-order valence-electron chi connectivity index (χ1n) is 45.0. The summed E-state index contributed by atoms with van der Waals surface area (Å²) in [6.45, 7) is 7.84. The molecule has 816 valence electrons. The van der Waals surface area contributed by atoms with E-state index < -0.39 is 394 Å². The van der Waals surface area contributed by atoms with Gasteiger partial charge in [-0.3, -0.25) is 105 Å². The maximum Gasteiger partial charge on any atom is 0.303 e. The van der Waals surface area contributed by atoms with Crippen LogP contribution in [0, 0.1) is 0 Å². The smallest absolute Gasteiger partial charge is 0.303 e. The first kappa shape index (κ1) is 122. The van der Waals surface area contributed by atoms with Crippen LogP contribution in [0.2, 0.25) is 0 Å². The highest BCUT2D eigenvalue weighted by Gasteiger charge is 2.64. The molecule has 57 nitrogen and oxygen atoms in total. The molecule has 57 heteroatoms. The molecular weight excluding hydrogens is 1970 g/mol. The van der Waals surface area contributed by atoms with Crippen LogP contribution in [0.4, 0.5) is 0 Å². The Bertz CT molecular complexity index is 4120. The fourth-order valence-corrected chi connectivity index (χ4v) is 15.7. The number of unbranched alkanes of at least 4 members (excludes halogenated alkanes) is 2. The number of carbonyl (C=O) groups is 22. The molecule has 0 unspecified atom stereocenters. The Hall–Kier alpha value is -12.2. The second kappa shape index (κ2) is 57.6. The monoisotopic (exact) mass is 2090 g/mol. The summed E-state index contributed by atoms with van der Waals surface area (Å²) in [5.41, 5.74) is -2.86. The highest BCUT2D eigenvalue weighted by molar-refractivity contribution is 5.77. The van der Waals surface area contributed by atoms with Crippen LogP contribution in [-0.4, -0.2) is 392 Å². The van der Waals surface area contributed by atoms with Gasteiger partial charge in [0, 0.05) is 158 Å². The lowest BCUT2D eigenvalue weighted by molar-refractivity contribution is -0.368. The summed E-state index contributed by atoms with van der Waals surface area (Å²) >= 11 is 0. The van der Waals surface area contributed by atoms with Crippen LogP contribution < -0.4 is 5.32 Å². The zero-order chi connectivity index (χ0) is 108. The molecule has 6 rings (SSSR count). The van der Waals surface area contributed by atoms with Crippen molar-refractivity contribution in [3.63, 3.8) is 0 Å². The molecule has 6 saturated heterocycles. The largest absolute Gasteiger partial charge is 0.463 e. The van der Waals surface area contributed by atoms with Crippen molar-refractivity contribution in [2.24, 2.45) is 0 Å². The van der Waals surface area contributed by atoms with E-state index in [0.29, 0.717) is 0 Å². The van der Waals surface area contributed by atoms with Gasteiger partial charge in [0.2, 0.25) is 5.91 Å². The molecule has 6 aliphatic rings. The number of aliphatic hydroxyl groups is 1. The zero-order valence-corrected chi connectivity index (χ0v) is 83.1. The molecule has 0 aromatic carbocycles. The Labute approximate surface area is 827 Å². The highest BCUT2D eigenvalue weighted by atomic mass is 16.8. The van der Waals surface area contributed by atoms with Gasteiger partial charge >= 0.3 is 125 Å². The van der Waals surface area contributed by atoms with Crippen LogP contribution in [0.1, 0.15) is 171 Å². The predicted molar refractivity (Wildman–Crippen MR) is 454 cm³/mol. The fourth-order valence-electron chi connectivity index (χ4n) is 15.7. The van der Waals surface area contributed by atoms with E-state index in [9.17, 15) is 106 Å². The minimum absolute atomic E-state index is 0.0563. The number of rotatable bonds is 48. The summed E-state index contributed by atoms with van der Waals surface area (Å²) in [5, 5.41) is 12.7. The van der Waals surface area contributed by atoms with E-state index in [4.69, 9.17) is 156 Å². The number of carbonyl (C=O) groups excluding carboxylic acids is 22. The molecule has 0 saturated carbocycles. The summed E-state index contributed by atoms with van der Waals surface area (Å²) in [7, 11) is 0. The van der Waals surface area contributed by atoms with Crippen LogP contribution in [0.3, 0.4) is 0 Å². The lowest BCUT2D eigenvalue weighted by atomic mass is 9.95. The van der Waals surface area contributed by atoms with Gasteiger partial charge in [-0.2, -0.15) is 0 Å². The second-order valence-electron chi connectivity index (χ2n) is 33.3. The van der Waals surface area contributed by atoms with Gasteiger partial charge in [-0.05, 0) is 12.8 Å². The van der Waals surface area contributed by atoms with Crippen LogP contribution in [-0.2, 0) is 262 Å². The number of hydrogen-bond acceptors (Lipinski definition) is 56. The number of nitrogens with one attached hydrogen (secondary N) is 1. The normalized spacial score (nSPS) is 30.0. The summed E-state index contributed by atoms with van der Waals surface area (Å²) in [5.74, 6) is -25.2. The molecule has 6 fully saturated rings. The third-order valence-corrected chi connectivity index (χ3v) is 20.7. The van der Waals surface area contributed by atoms with Gasteiger partial charge in [0.05, 0.1) is 19.8 Å². The van der Waals surface area contributed by atoms with Gasteiger partial charge in [0.1, 0.15) is 100 Å². The molecule has 0 aromatic rings. The number of ether oxygens (including phenoxy) is 33. The fraction of sp³-hybridized carbons (Fsp3) is 0.750. The Kier molecular flexibility index (Phi) is 48.3. The van der Waals surface area contributed by atoms with Gasteiger partial charge in [0.15, 0.2) is 129 Å². The van der Waals surface area contributed by atoms with E-state index >= 15 is 4.79 Å². The first-order chi connectivity index (χ1) is 68.0. The Morgan fingerprint density at radius 3 is 0.559 bits per heavy atom. The average molecular weight is 2090 g/mol. The molecule has 145 heavy (non-hydrogen) atoms. The van der Waals surface area contributed by atoms with Gasteiger partial charge in [-0.25, -0.2) is 0 Å². The Morgan fingerprint density at radius 1 is 0.207 bits per heavy atom.